The van der Waals surface area contributed by atoms with Gasteiger partial charge in [-0.05, 0) is 59.5 Å². The standard InChI is InChI=1S/C28H28N4O3/c1-3-20-6-4-8-24(14-20)31-28(34)26-18-32(19-29-26)17-21-10-12-23(13-11-21)30-27(33)16-22-7-5-9-25(15-22)35-2/h4-15,18-19H,3,16-17H2,1-2H3,(H,30,33)(H,31,34). The third-order valence-electron chi connectivity index (χ3n) is 5.56. The largest absolute Gasteiger partial charge is 0.497 e. The second-order valence-electron chi connectivity index (χ2n) is 8.21. The molecule has 7 nitrogen and oxygen atoms in total. The first-order chi connectivity index (χ1) is 17.0. The van der Waals surface area contributed by atoms with E-state index in [9.17, 15) is 9.59 Å². The second-order valence-corrected chi connectivity index (χ2v) is 8.21. The van der Waals surface area contributed by atoms with Crippen molar-refractivity contribution in [2.24, 2.45) is 0 Å². The Morgan fingerprint density at radius 2 is 1.66 bits per heavy atom. The monoisotopic (exact) mass is 468 g/mol. The lowest BCUT2D eigenvalue weighted by atomic mass is 10.1. The average molecular weight is 469 g/mol. The number of rotatable bonds is 9. The summed E-state index contributed by atoms with van der Waals surface area (Å²) >= 11 is 0. The molecule has 0 radical (unpaired) electrons. The molecule has 4 rings (SSSR count). The Morgan fingerprint density at radius 1 is 0.886 bits per heavy atom. The second kappa shape index (κ2) is 11.2. The zero-order valence-corrected chi connectivity index (χ0v) is 19.8. The minimum atomic E-state index is -0.244. The van der Waals surface area contributed by atoms with E-state index >= 15 is 0 Å². The summed E-state index contributed by atoms with van der Waals surface area (Å²) in [6.45, 7) is 2.63. The molecule has 2 N–H and O–H groups in total. The van der Waals surface area contributed by atoms with Crippen LogP contribution in [0.5, 0.6) is 5.75 Å². The van der Waals surface area contributed by atoms with Crippen molar-refractivity contribution in [1.82, 2.24) is 9.55 Å². The predicted molar refractivity (Wildman–Crippen MR) is 137 cm³/mol. The zero-order chi connectivity index (χ0) is 24.6. The molecule has 4 aromatic rings. The summed E-state index contributed by atoms with van der Waals surface area (Å²) in [5.74, 6) is 0.386. The number of anilines is 2. The van der Waals surface area contributed by atoms with Gasteiger partial charge in [0.1, 0.15) is 11.4 Å². The van der Waals surface area contributed by atoms with Crippen LogP contribution in [0.3, 0.4) is 0 Å². The molecular formula is C28H28N4O3. The van der Waals surface area contributed by atoms with Gasteiger partial charge in [0.25, 0.3) is 5.91 Å². The molecule has 0 saturated heterocycles. The highest BCUT2D eigenvalue weighted by molar-refractivity contribution is 6.02. The summed E-state index contributed by atoms with van der Waals surface area (Å²) in [6, 6.07) is 22.9. The fourth-order valence-electron chi connectivity index (χ4n) is 3.71. The molecule has 1 heterocycles. The number of benzene rings is 3. The molecule has 0 aliphatic carbocycles. The molecular weight excluding hydrogens is 440 g/mol. The number of nitrogens with one attached hydrogen (secondary N) is 2. The summed E-state index contributed by atoms with van der Waals surface area (Å²) < 4.78 is 7.06. The van der Waals surface area contributed by atoms with Crippen molar-refractivity contribution in [2.75, 3.05) is 17.7 Å². The third-order valence-corrected chi connectivity index (χ3v) is 5.56. The highest BCUT2D eigenvalue weighted by atomic mass is 16.5. The van der Waals surface area contributed by atoms with Crippen LogP contribution in [0.1, 0.15) is 34.1 Å². The molecule has 1 aromatic heterocycles. The maximum Gasteiger partial charge on any atom is 0.275 e. The van der Waals surface area contributed by atoms with E-state index in [1.165, 1.54) is 0 Å². The zero-order valence-electron chi connectivity index (χ0n) is 19.8. The minimum Gasteiger partial charge on any atom is -0.497 e. The lowest BCUT2D eigenvalue weighted by Crippen LogP contribution is -2.14. The average Bonchev–Trinajstić information content (AvgIpc) is 3.34. The number of hydrogen-bond donors (Lipinski definition) is 2. The molecule has 178 valence electrons. The number of methoxy groups -OCH3 is 1. The van der Waals surface area contributed by atoms with Crippen molar-refractivity contribution in [3.63, 3.8) is 0 Å². The van der Waals surface area contributed by atoms with Crippen LogP contribution < -0.4 is 15.4 Å². The van der Waals surface area contributed by atoms with Crippen molar-refractivity contribution < 1.29 is 14.3 Å². The van der Waals surface area contributed by atoms with E-state index in [1.807, 2.05) is 77.4 Å². The summed E-state index contributed by atoms with van der Waals surface area (Å²) in [7, 11) is 1.60. The fraction of sp³-hybridized carbons (Fsp3) is 0.179. The number of amides is 2. The van der Waals surface area contributed by atoms with E-state index in [-0.39, 0.29) is 18.2 Å². The summed E-state index contributed by atoms with van der Waals surface area (Å²) in [4.78, 5) is 29.2. The molecule has 3 aromatic carbocycles. The van der Waals surface area contributed by atoms with Crippen molar-refractivity contribution in [3.05, 3.63) is 108 Å². The highest BCUT2D eigenvalue weighted by Crippen LogP contribution is 2.16. The van der Waals surface area contributed by atoms with Crippen molar-refractivity contribution in [3.8, 4) is 5.75 Å². The number of nitrogens with zero attached hydrogens (tertiary/aromatic N) is 2. The lowest BCUT2D eigenvalue weighted by molar-refractivity contribution is -0.115. The number of aromatic nitrogens is 2. The maximum atomic E-state index is 12.6. The van der Waals surface area contributed by atoms with Crippen LogP contribution in [0.2, 0.25) is 0 Å². The Morgan fingerprint density at radius 3 is 2.43 bits per heavy atom. The normalized spacial score (nSPS) is 10.6. The van der Waals surface area contributed by atoms with Gasteiger partial charge in [0.05, 0.1) is 19.9 Å². The molecule has 35 heavy (non-hydrogen) atoms. The van der Waals surface area contributed by atoms with Gasteiger partial charge in [-0.1, -0.05) is 43.3 Å². The van der Waals surface area contributed by atoms with E-state index in [4.69, 9.17) is 4.74 Å². The van der Waals surface area contributed by atoms with Crippen LogP contribution in [-0.2, 0) is 24.2 Å². The first-order valence-electron chi connectivity index (χ1n) is 11.5. The van der Waals surface area contributed by atoms with Crippen LogP contribution >= 0.6 is 0 Å². The van der Waals surface area contributed by atoms with Gasteiger partial charge in [-0.15, -0.1) is 0 Å². The highest BCUT2D eigenvalue weighted by Gasteiger charge is 2.11. The smallest absolute Gasteiger partial charge is 0.275 e. The third kappa shape index (κ3) is 6.57. The van der Waals surface area contributed by atoms with Gasteiger partial charge in [-0.3, -0.25) is 9.59 Å². The number of carbonyl (C=O) groups excluding carboxylic acids is 2. The Kier molecular flexibility index (Phi) is 7.57. The summed E-state index contributed by atoms with van der Waals surface area (Å²) in [5, 5.41) is 5.81. The molecule has 0 spiro atoms. The number of ether oxygens (including phenoxy) is 1. The molecule has 0 fully saturated rings. The topological polar surface area (TPSA) is 85.2 Å². The van der Waals surface area contributed by atoms with E-state index in [2.05, 4.69) is 22.5 Å². The first-order valence-corrected chi connectivity index (χ1v) is 11.5. The molecule has 7 heteroatoms. The molecule has 0 aliphatic rings. The van der Waals surface area contributed by atoms with Crippen LogP contribution in [0.4, 0.5) is 11.4 Å². The number of aryl methyl sites for hydroxylation is 1. The van der Waals surface area contributed by atoms with Crippen LogP contribution in [0, 0.1) is 0 Å². The van der Waals surface area contributed by atoms with Crippen molar-refractivity contribution in [2.45, 2.75) is 26.3 Å². The summed E-state index contributed by atoms with van der Waals surface area (Å²) in [5.41, 5.74) is 4.91. The van der Waals surface area contributed by atoms with Gasteiger partial charge in [0.15, 0.2) is 0 Å². The predicted octanol–water partition coefficient (Wildman–Crippen LogP) is 4.94. The van der Waals surface area contributed by atoms with Gasteiger partial charge in [0, 0.05) is 24.1 Å². The number of carbonyl (C=O) groups is 2. The maximum absolute atomic E-state index is 12.6. The van der Waals surface area contributed by atoms with E-state index in [0.717, 1.165) is 40.2 Å². The van der Waals surface area contributed by atoms with Gasteiger partial charge < -0.3 is 19.9 Å². The van der Waals surface area contributed by atoms with Gasteiger partial charge in [-0.2, -0.15) is 0 Å². The fourth-order valence-corrected chi connectivity index (χ4v) is 3.71. The van der Waals surface area contributed by atoms with Gasteiger partial charge >= 0.3 is 0 Å². The molecule has 0 unspecified atom stereocenters. The number of imidazole rings is 1. The van der Waals surface area contributed by atoms with E-state index < -0.39 is 0 Å². The first kappa shape index (κ1) is 23.8. The number of hydrogen-bond acceptors (Lipinski definition) is 4. The lowest BCUT2D eigenvalue weighted by Gasteiger charge is -2.08. The Bertz CT molecular complexity index is 1310. The van der Waals surface area contributed by atoms with Crippen molar-refractivity contribution >= 4 is 23.2 Å². The van der Waals surface area contributed by atoms with E-state index in [1.54, 1.807) is 19.6 Å². The summed E-state index contributed by atoms with van der Waals surface area (Å²) in [6.07, 6.45) is 4.54. The SMILES string of the molecule is CCc1cccc(NC(=O)c2cn(Cc3ccc(NC(=O)Cc4cccc(OC)c4)cc3)cn2)c1. The van der Waals surface area contributed by atoms with Gasteiger partial charge in [-0.25, -0.2) is 4.98 Å². The van der Waals surface area contributed by atoms with E-state index in [0.29, 0.717) is 12.2 Å². The quantitative estimate of drug-likeness (QED) is 0.365. The molecule has 0 bridgehead atoms. The molecule has 2 amide bonds. The van der Waals surface area contributed by atoms with Crippen molar-refractivity contribution in [1.29, 1.82) is 0 Å². The van der Waals surface area contributed by atoms with Crippen LogP contribution in [0.15, 0.2) is 85.3 Å². The van der Waals surface area contributed by atoms with Crippen LogP contribution in [0.25, 0.3) is 0 Å². The Hall–Kier alpha value is -4.39. The van der Waals surface area contributed by atoms with Crippen LogP contribution in [-0.4, -0.2) is 28.5 Å². The molecule has 0 aliphatic heterocycles. The Labute approximate surface area is 204 Å². The molecule has 0 saturated carbocycles. The van der Waals surface area contributed by atoms with Gasteiger partial charge in [0.2, 0.25) is 5.91 Å². The Balaban J connectivity index is 1.31. The minimum absolute atomic E-state index is 0.0965. The molecule has 0 atom stereocenters.